The molecule has 2 aromatic rings. The molecule has 0 spiro atoms. The number of carbonyl (C=O) groups excluding carboxylic acids is 1. The van der Waals surface area contributed by atoms with Crippen molar-refractivity contribution in [2.75, 3.05) is 14.2 Å². The van der Waals surface area contributed by atoms with Crippen LogP contribution in [-0.2, 0) is 11.3 Å². The van der Waals surface area contributed by atoms with E-state index in [0.717, 1.165) is 5.56 Å². The molecule has 1 unspecified atom stereocenters. The van der Waals surface area contributed by atoms with Crippen molar-refractivity contribution in [3.63, 3.8) is 0 Å². The monoisotopic (exact) mass is 333 g/mol. The van der Waals surface area contributed by atoms with Crippen LogP contribution in [0.1, 0.15) is 12.5 Å². The average Bonchev–Trinajstić information content (AvgIpc) is 2.61. The van der Waals surface area contributed by atoms with Crippen molar-refractivity contribution < 1.29 is 23.4 Å². The van der Waals surface area contributed by atoms with Crippen LogP contribution in [-0.4, -0.2) is 26.2 Å². The van der Waals surface area contributed by atoms with Crippen LogP contribution in [0.2, 0.25) is 0 Å². The molecule has 24 heavy (non-hydrogen) atoms. The maximum atomic E-state index is 12.9. The van der Waals surface area contributed by atoms with Gasteiger partial charge in [0.15, 0.2) is 17.6 Å². The van der Waals surface area contributed by atoms with Gasteiger partial charge >= 0.3 is 0 Å². The highest BCUT2D eigenvalue weighted by atomic mass is 19.1. The molecule has 0 aromatic heterocycles. The summed E-state index contributed by atoms with van der Waals surface area (Å²) in [5.74, 6) is 1.03. The van der Waals surface area contributed by atoms with E-state index in [2.05, 4.69) is 5.32 Å². The van der Waals surface area contributed by atoms with E-state index in [0.29, 0.717) is 23.8 Å². The van der Waals surface area contributed by atoms with E-state index in [1.54, 1.807) is 33.3 Å². The predicted molar refractivity (Wildman–Crippen MR) is 87.9 cm³/mol. The first-order chi connectivity index (χ1) is 11.5. The number of carbonyl (C=O) groups is 1. The van der Waals surface area contributed by atoms with Crippen molar-refractivity contribution in [2.45, 2.75) is 19.6 Å². The van der Waals surface area contributed by atoms with Crippen molar-refractivity contribution in [3.05, 3.63) is 53.8 Å². The Labute approximate surface area is 140 Å². The number of nitrogens with one attached hydrogen (secondary N) is 1. The molecule has 1 atom stereocenters. The summed E-state index contributed by atoms with van der Waals surface area (Å²) in [6, 6.07) is 10.9. The highest BCUT2D eigenvalue weighted by Crippen LogP contribution is 2.27. The molecule has 0 bridgehead atoms. The molecular formula is C18H20FNO4. The zero-order valence-electron chi connectivity index (χ0n) is 13.8. The molecule has 6 heteroatoms. The molecule has 2 aromatic carbocycles. The minimum atomic E-state index is -0.699. The van der Waals surface area contributed by atoms with Crippen LogP contribution in [0.15, 0.2) is 42.5 Å². The van der Waals surface area contributed by atoms with E-state index in [1.165, 1.54) is 24.3 Å². The fourth-order valence-corrected chi connectivity index (χ4v) is 2.09. The van der Waals surface area contributed by atoms with Gasteiger partial charge in [-0.2, -0.15) is 0 Å². The quantitative estimate of drug-likeness (QED) is 0.846. The van der Waals surface area contributed by atoms with E-state index in [1.807, 2.05) is 6.07 Å². The van der Waals surface area contributed by atoms with Crippen LogP contribution >= 0.6 is 0 Å². The lowest BCUT2D eigenvalue weighted by Gasteiger charge is -2.15. The summed E-state index contributed by atoms with van der Waals surface area (Å²) in [5.41, 5.74) is 0.870. The van der Waals surface area contributed by atoms with Crippen LogP contribution < -0.4 is 19.5 Å². The second-order valence-corrected chi connectivity index (χ2v) is 5.12. The number of hydrogen-bond donors (Lipinski definition) is 1. The van der Waals surface area contributed by atoms with E-state index in [4.69, 9.17) is 14.2 Å². The van der Waals surface area contributed by atoms with Crippen LogP contribution in [0.5, 0.6) is 17.2 Å². The molecule has 0 aliphatic rings. The Hall–Kier alpha value is -2.76. The van der Waals surface area contributed by atoms with Gasteiger partial charge in [-0.05, 0) is 48.9 Å². The lowest BCUT2D eigenvalue weighted by molar-refractivity contribution is -0.127. The smallest absolute Gasteiger partial charge is 0.261 e. The highest BCUT2D eigenvalue weighted by molar-refractivity contribution is 5.80. The first-order valence-electron chi connectivity index (χ1n) is 7.44. The Morgan fingerprint density at radius 1 is 1.08 bits per heavy atom. The summed E-state index contributed by atoms with van der Waals surface area (Å²) >= 11 is 0. The van der Waals surface area contributed by atoms with Gasteiger partial charge in [-0.3, -0.25) is 4.79 Å². The summed E-state index contributed by atoms with van der Waals surface area (Å²) in [6.07, 6.45) is -0.699. The molecule has 0 aliphatic carbocycles. The van der Waals surface area contributed by atoms with E-state index in [-0.39, 0.29) is 11.7 Å². The van der Waals surface area contributed by atoms with E-state index >= 15 is 0 Å². The molecule has 0 fully saturated rings. The number of amides is 1. The molecule has 5 nitrogen and oxygen atoms in total. The first kappa shape index (κ1) is 17.6. The average molecular weight is 333 g/mol. The van der Waals surface area contributed by atoms with Gasteiger partial charge in [-0.25, -0.2) is 4.39 Å². The summed E-state index contributed by atoms with van der Waals surface area (Å²) < 4.78 is 28.7. The summed E-state index contributed by atoms with van der Waals surface area (Å²) in [4.78, 5) is 12.1. The van der Waals surface area contributed by atoms with Gasteiger partial charge in [0, 0.05) is 6.54 Å². The Morgan fingerprint density at radius 3 is 2.38 bits per heavy atom. The maximum absolute atomic E-state index is 12.9. The number of methoxy groups -OCH3 is 2. The molecule has 0 heterocycles. The van der Waals surface area contributed by atoms with E-state index in [9.17, 15) is 9.18 Å². The lowest BCUT2D eigenvalue weighted by atomic mass is 10.2. The molecule has 1 amide bonds. The van der Waals surface area contributed by atoms with Gasteiger partial charge in [0.2, 0.25) is 0 Å². The third-order valence-corrected chi connectivity index (χ3v) is 3.41. The molecule has 128 valence electrons. The molecule has 2 rings (SSSR count). The standard InChI is InChI=1S/C18H20FNO4/c1-12(24-15-7-5-14(19)6-8-15)18(21)20-11-13-4-9-16(22-2)17(10-13)23-3/h4-10,12H,11H2,1-3H3,(H,20,21). The second-order valence-electron chi connectivity index (χ2n) is 5.12. The third-order valence-electron chi connectivity index (χ3n) is 3.41. The molecule has 0 saturated heterocycles. The Kier molecular flexibility index (Phi) is 6.01. The summed E-state index contributed by atoms with van der Waals surface area (Å²) in [5, 5.41) is 2.78. The number of rotatable bonds is 7. The minimum Gasteiger partial charge on any atom is -0.493 e. The van der Waals surface area contributed by atoms with Gasteiger partial charge in [-0.15, -0.1) is 0 Å². The van der Waals surface area contributed by atoms with Crippen LogP contribution in [0.4, 0.5) is 4.39 Å². The summed E-state index contributed by atoms with van der Waals surface area (Å²) in [7, 11) is 3.12. The number of hydrogen-bond acceptors (Lipinski definition) is 4. The van der Waals surface area contributed by atoms with Crippen LogP contribution in [0.25, 0.3) is 0 Å². The van der Waals surface area contributed by atoms with Gasteiger partial charge in [0.05, 0.1) is 14.2 Å². The van der Waals surface area contributed by atoms with Gasteiger partial charge in [0.1, 0.15) is 11.6 Å². The number of ether oxygens (including phenoxy) is 3. The Morgan fingerprint density at radius 2 is 1.75 bits per heavy atom. The number of benzene rings is 2. The topological polar surface area (TPSA) is 56.8 Å². The van der Waals surface area contributed by atoms with Gasteiger partial charge in [-0.1, -0.05) is 6.07 Å². The largest absolute Gasteiger partial charge is 0.493 e. The molecule has 0 saturated carbocycles. The fourth-order valence-electron chi connectivity index (χ4n) is 2.09. The molecular weight excluding hydrogens is 313 g/mol. The minimum absolute atomic E-state index is 0.269. The predicted octanol–water partition coefficient (Wildman–Crippen LogP) is 2.93. The molecule has 0 aliphatic heterocycles. The molecule has 0 radical (unpaired) electrons. The zero-order chi connectivity index (χ0) is 17.5. The van der Waals surface area contributed by atoms with Crippen LogP contribution in [0.3, 0.4) is 0 Å². The van der Waals surface area contributed by atoms with Crippen LogP contribution in [0, 0.1) is 5.82 Å². The maximum Gasteiger partial charge on any atom is 0.261 e. The van der Waals surface area contributed by atoms with Crippen molar-refractivity contribution in [2.24, 2.45) is 0 Å². The lowest BCUT2D eigenvalue weighted by Crippen LogP contribution is -2.35. The van der Waals surface area contributed by atoms with Crippen molar-refractivity contribution in [1.82, 2.24) is 5.32 Å². The van der Waals surface area contributed by atoms with Crippen molar-refractivity contribution in [1.29, 1.82) is 0 Å². The Balaban J connectivity index is 1.91. The first-order valence-corrected chi connectivity index (χ1v) is 7.44. The third kappa shape index (κ3) is 4.62. The van der Waals surface area contributed by atoms with Gasteiger partial charge in [0.25, 0.3) is 5.91 Å². The highest BCUT2D eigenvalue weighted by Gasteiger charge is 2.14. The van der Waals surface area contributed by atoms with Gasteiger partial charge < -0.3 is 19.5 Å². The Bertz CT molecular complexity index is 688. The summed E-state index contributed by atoms with van der Waals surface area (Å²) in [6.45, 7) is 1.96. The molecule has 1 N–H and O–H groups in total. The van der Waals surface area contributed by atoms with Crippen molar-refractivity contribution >= 4 is 5.91 Å². The SMILES string of the molecule is COc1ccc(CNC(=O)C(C)Oc2ccc(F)cc2)cc1OC. The fraction of sp³-hybridized carbons (Fsp3) is 0.278. The van der Waals surface area contributed by atoms with Crippen molar-refractivity contribution in [3.8, 4) is 17.2 Å². The van der Waals surface area contributed by atoms with E-state index < -0.39 is 6.10 Å². The second kappa shape index (κ2) is 8.19. The zero-order valence-corrected chi connectivity index (χ0v) is 13.8. The normalized spacial score (nSPS) is 11.5. The number of halogens is 1.